The second-order valence-corrected chi connectivity index (χ2v) is 6.13. The number of benzene rings is 2. The van der Waals surface area contributed by atoms with Gasteiger partial charge in [0, 0.05) is 17.1 Å². The van der Waals surface area contributed by atoms with Crippen molar-refractivity contribution in [3.05, 3.63) is 72.0 Å². The number of aliphatic imine (C=N–C) groups is 1. The molecule has 0 aliphatic carbocycles. The molecule has 1 heterocycles. The lowest BCUT2D eigenvalue weighted by atomic mass is 9.97. The molecule has 1 atom stereocenters. The van der Waals surface area contributed by atoms with E-state index in [1.165, 1.54) is 6.92 Å². The highest BCUT2D eigenvalue weighted by Gasteiger charge is 2.45. The van der Waals surface area contributed by atoms with Gasteiger partial charge in [0.2, 0.25) is 0 Å². The van der Waals surface area contributed by atoms with Gasteiger partial charge in [-0.15, -0.1) is 0 Å². The first-order valence-corrected chi connectivity index (χ1v) is 8.15. The highest BCUT2D eigenvalue weighted by atomic mass is 16.3. The van der Waals surface area contributed by atoms with Crippen LogP contribution in [0.1, 0.15) is 13.8 Å². The molecule has 0 radical (unpaired) electrons. The number of carbonyl (C=O) groups excluding carboxylic acids is 2. The summed E-state index contributed by atoms with van der Waals surface area (Å²) in [6.07, 6.45) is 0. The molecule has 0 fully saturated rings. The zero-order valence-corrected chi connectivity index (χ0v) is 14.5. The molecule has 1 aliphatic rings. The fourth-order valence-corrected chi connectivity index (χ4v) is 2.78. The molecule has 2 amide bonds. The highest BCUT2D eigenvalue weighted by molar-refractivity contribution is 6.28. The van der Waals surface area contributed by atoms with Gasteiger partial charge < -0.3 is 15.7 Å². The van der Waals surface area contributed by atoms with Crippen LogP contribution in [-0.2, 0) is 9.59 Å². The molecule has 0 unspecified atom stereocenters. The maximum Gasteiger partial charge on any atom is 0.261 e. The Bertz CT molecular complexity index is 904. The normalized spacial score (nSPS) is 19.1. The van der Waals surface area contributed by atoms with E-state index in [1.54, 1.807) is 55.5 Å². The standard InChI is InChI=1S/C20H19N3O3/c1-13-16(18(25)21-14-9-5-3-6-10-14)17(24)20(2,23-13)19(26)22-15-11-7-4-8-12-15/h3-12,24H,1-2H3,(H,21,25)(H,22,26)/t20-/m0/s1. The zero-order valence-electron chi connectivity index (χ0n) is 14.5. The van der Waals surface area contributed by atoms with Crippen molar-refractivity contribution in [1.29, 1.82) is 0 Å². The van der Waals surface area contributed by atoms with E-state index in [0.717, 1.165) is 0 Å². The topological polar surface area (TPSA) is 90.8 Å². The predicted molar refractivity (Wildman–Crippen MR) is 101 cm³/mol. The van der Waals surface area contributed by atoms with E-state index in [0.29, 0.717) is 17.1 Å². The van der Waals surface area contributed by atoms with Crippen molar-refractivity contribution in [2.45, 2.75) is 19.4 Å². The van der Waals surface area contributed by atoms with Crippen LogP contribution in [0.4, 0.5) is 11.4 Å². The molecule has 3 N–H and O–H groups in total. The summed E-state index contributed by atoms with van der Waals surface area (Å²) in [5.41, 5.74) is -0.0563. The van der Waals surface area contributed by atoms with E-state index in [4.69, 9.17) is 0 Å². The SMILES string of the molecule is CC1=N[C@](C)(C(=O)Nc2ccccc2)C(O)=C1C(=O)Nc1ccccc1. The fourth-order valence-electron chi connectivity index (χ4n) is 2.78. The van der Waals surface area contributed by atoms with E-state index < -0.39 is 17.4 Å². The van der Waals surface area contributed by atoms with Gasteiger partial charge in [0.1, 0.15) is 11.3 Å². The molecule has 0 saturated heterocycles. The van der Waals surface area contributed by atoms with Gasteiger partial charge in [0.15, 0.2) is 5.54 Å². The van der Waals surface area contributed by atoms with Crippen LogP contribution in [0.3, 0.4) is 0 Å². The molecule has 3 rings (SSSR count). The molecule has 0 bridgehead atoms. The molecule has 6 nitrogen and oxygen atoms in total. The molecule has 0 saturated carbocycles. The summed E-state index contributed by atoms with van der Waals surface area (Å²) in [6, 6.07) is 17.8. The lowest BCUT2D eigenvalue weighted by molar-refractivity contribution is -0.120. The molecule has 6 heteroatoms. The van der Waals surface area contributed by atoms with Gasteiger partial charge >= 0.3 is 0 Å². The van der Waals surface area contributed by atoms with Crippen LogP contribution < -0.4 is 10.6 Å². The van der Waals surface area contributed by atoms with Crippen LogP contribution >= 0.6 is 0 Å². The summed E-state index contributed by atoms with van der Waals surface area (Å²) in [5, 5.41) is 16.0. The van der Waals surface area contributed by atoms with Crippen molar-refractivity contribution in [2.24, 2.45) is 4.99 Å². The fraction of sp³-hybridized carbons (Fsp3) is 0.150. The summed E-state index contributed by atoms with van der Waals surface area (Å²) < 4.78 is 0. The Kier molecular flexibility index (Phi) is 4.58. The number of aliphatic hydroxyl groups excluding tert-OH is 1. The molecule has 132 valence electrons. The number of amides is 2. The zero-order chi connectivity index (χ0) is 18.7. The van der Waals surface area contributed by atoms with Gasteiger partial charge in [-0.25, -0.2) is 0 Å². The van der Waals surface area contributed by atoms with E-state index in [1.807, 2.05) is 12.1 Å². The van der Waals surface area contributed by atoms with Crippen molar-refractivity contribution in [2.75, 3.05) is 10.6 Å². The number of anilines is 2. The van der Waals surface area contributed by atoms with E-state index >= 15 is 0 Å². The maximum atomic E-state index is 12.7. The molecule has 0 aromatic heterocycles. The minimum absolute atomic E-state index is 0.0135. The second kappa shape index (κ2) is 6.84. The summed E-state index contributed by atoms with van der Waals surface area (Å²) in [5.74, 6) is -1.38. The lowest BCUT2D eigenvalue weighted by Crippen LogP contribution is -2.39. The number of hydrogen-bond donors (Lipinski definition) is 3. The monoisotopic (exact) mass is 349 g/mol. The maximum absolute atomic E-state index is 12.7. The Morgan fingerprint density at radius 3 is 1.96 bits per heavy atom. The smallest absolute Gasteiger partial charge is 0.261 e. The van der Waals surface area contributed by atoms with Crippen molar-refractivity contribution >= 4 is 28.9 Å². The minimum Gasteiger partial charge on any atom is -0.508 e. The van der Waals surface area contributed by atoms with E-state index in [-0.39, 0.29) is 11.3 Å². The molecule has 26 heavy (non-hydrogen) atoms. The Morgan fingerprint density at radius 1 is 0.923 bits per heavy atom. The summed E-state index contributed by atoms with van der Waals surface area (Å²) in [6.45, 7) is 3.07. The van der Waals surface area contributed by atoms with Gasteiger partial charge in [-0.3, -0.25) is 14.6 Å². The molecule has 2 aromatic rings. The van der Waals surface area contributed by atoms with Crippen molar-refractivity contribution in [3.63, 3.8) is 0 Å². The summed E-state index contributed by atoms with van der Waals surface area (Å²) in [4.78, 5) is 29.5. The number of hydrogen-bond acceptors (Lipinski definition) is 4. The first-order chi connectivity index (χ1) is 12.4. The molecule has 2 aromatic carbocycles. The van der Waals surface area contributed by atoms with Crippen molar-refractivity contribution in [1.82, 2.24) is 0 Å². The largest absolute Gasteiger partial charge is 0.508 e. The van der Waals surface area contributed by atoms with E-state index in [9.17, 15) is 14.7 Å². The molecule has 0 spiro atoms. The third-order valence-corrected chi connectivity index (χ3v) is 4.18. The van der Waals surface area contributed by atoms with Crippen molar-refractivity contribution in [3.8, 4) is 0 Å². The van der Waals surface area contributed by atoms with Gasteiger partial charge in [0.25, 0.3) is 11.8 Å². The van der Waals surface area contributed by atoms with Crippen LogP contribution in [0.2, 0.25) is 0 Å². The van der Waals surface area contributed by atoms with Gasteiger partial charge in [0.05, 0.1) is 0 Å². The molecular weight excluding hydrogens is 330 g/mol. The number of rotatable bonds is 4. The van der Waals surface area contributed by atoms with Crippen LogP contribution in [0.5, 0.6) is 0 Å². The number of aliphatic hydroxyl groups is 1. The number of nitrogens with one attached hydrogen (secondary N) is 2. The summed E-state index contributed by atoms with van der Waals surface area (Å²) >= 11 is 0. The van der Waals surface area contributed by atoms with Crippen LogP contribution in [-0.4, -0.2) is 28.2 Å². The Balaban J connectivity index is 1.85. The van der Waals surface area contributed by atoms with Gasteiger partial charge in [-0.05, 0) is 38.1 Å². The molecule has 1 aliphatic heterocycles. The average Bonchev–Trinajstić information content (AvgIpc) is 2.86. The first-order valence-electron chi connectivity index (χ1n) is 8.15. The average molecular weight is 349 g/mol. The van der Waals surface area contributed by atoms with Crippen LogP contribution in [0.15, 0.2) is 77.0 Å². The number of para-hydroxylation sites is 2. The third-order valence-electron chi connectivity index (χ3n) is 4.18. The van der Waals surface area contributed by atoms with Crippen LogP contribution in [0, 0.1) is 0 Å². The van der Waals surface area contributed by atoms with Crippen molar-refractivity contribution < 1.29 is 14.7 Å². The number of nitrogens with zero attached hydrogens (tertiary/aromatic N) is 1. The predicted octanol–water partition coefficient (Wildman–Crippen LogP) is 3.31. The van der Waals surface area contributed by atoms with Crippen LogP contribution in [0.25, 0.3) is 0 Å². The van der Waals surface area contributed by atoms with Gasteiger partial charge in [-0.1, -0.05) is 36.4 Å². The minimum atomic E-state index is -1.55. The Hall–Kier alpha value is -3.41. The first kappa shape index (κ1) is 17.4. The summed E-state index contributed by atoms with van der Waals surface area (Å²) in [7, 11) is 0. The molecular formula is C20H19N3O3. The Labute approximate surface area is 151 Å². The lowest BCUT2D eigenvalue weighted by Gasteiger charge is -2.20. The second-order valence-electron chi connectivity index (χ2n) is 6.13. The Morgan fingerprint density at radius 2 is 1.42 bits per heavy atom. The number of carbonyl (C=O) groups is 2. The highest BCUT2D eigenvalue weighted by Crippen LogP contribution is 2.32. The third kappa shape index (κ3) is 3.21. The quantitative estimate of drug-likeness (QED) is 0.791. The van der Waals surface area contributed by atoms with Gasteiger partial charge in [-0.2, -0.15) is 0 Å². The van der Waals surface area contributed by atoms with E-state index in [2.05, 4.69) is 15.6 Å².